The second-order valence-corrected chi connectivity index (χ2v) is 6.71. The van der Waals surface area contributed by atoms with Gasteiger partial charge in [-0.1, -0.05) is 44.2 Å². The molecule has 0 aliphatic heterocycles. The highest BCUT2D eigenvalue weighted by Crippen LogP contribution is 2.27. The van der Waals surface area contributed by atoms with Crippen LogP contribution < -0.4 is 15.4 Å². The number of nitrogens with zero attached hydrogens (tertiary/aromatic N) is 2. The van der Waals surface area contributed by atoms with Gasteiger partial charge in [-0.2, -0.15) is 0 Å². The second-order valence-electron chi connectivity index (χ2n) is 6.71. The molecule has 0 aliphatic rings. The van der Waals surface area contributed by atoms with Gasteiger partial charge in [0.05, 0.1) is 12.8 Å². The maximum Gasteiger partial charge on any atom is 0.274 e. The van der Waals surface area contributed by atoms with E-state index in [9.17, 15) is 4.79 Å². The molecule has 0 bridgehead atoms. The summed E-state index contributed by atoms with van der Waals surface area (Å²) in [5.41, 5.74) is 3.01. The van der Waals surface area contributed by atoms with Crippen LogP contribution in [-0.2, 0) is 0 Å². The number of hydrogen-bond donors (Lipinski definition) is 2. The number of aryl methyl sites for hydroxylation is 1. The molecule has 0 fully saturated rings. The number of benzene rings is 2. The molecule has 3 rings (SSSR count). The number of anilines is 3. The Morgan fingerprint density at radius 3 is 2.39 bits per heavy atom. The van der Waals surface area contributed by atoms with Crippen LogP contribution in [0.1, 0.15) is 41.6 Å². The van der Waals surface area contributed by atoms with E-state index in [4.69, 9.17) is 4.74 Å². The number of carbonyl (C=O) groups is 1. The van der Waals surface area contributed by atoms with E-state index >= 15 is 0 Å². The minimum absolute atomic E-state index is 0.280. The number of carbonyl (C=O) groups excluding carboxylic acids is 1. The fourth-order valence-corrected chi connectivity index (χ4v) is 2.93. The van der Waals surface area contributed by atoms with Crippen LogP contribution in [-0.4, -0.2) is 23.0 Å². The van der Waals surface area contributed by atoms with E-state index in [-0.39, 0.29) is 11.6 Å². The zero-order valence-electron chi connectivity index (χ0n) is 16.5. The summed E-state index contributed by atoms with van der Waals surface area (Å²) >= 11 is 0. The number of para-hydroxylation sites is 3. The third kappa shape index (κ3) is 4.46. The molecule has 2 N–H and O–H groups in total. The minimum atomic E-state index is -0.324. The third-order valence-corrected chi connectivity index (χ3v) is 4.27. The van der Waals surface area contributed by atoms with E-state index in [0.29, 0.717) is 29.0 Å². The van der Waals surface area contributed by atoms with Crippen LogP contribution in [0.4, 0.5) is 17.2 Å². The number of rotatable bonds is 6. The van der Waals surface area contributed by atoms with Crippen molar-refractivity contribution in [3.8, 4) is 5.75 Å². The van der Waals surface area contributed by atoms with Crippen molar-refractivity contribution >= 4 is 23.1 Å². The summed E-state index contributed by atoms with van der Waals surface area (Å²) in [6, 6.07) is 17.0. The highest BCUT2D eigenvalue weighted by molar-refractivity contribution is 6.04. The summed E-state index contributed by atoms with van der Waals surface area (Å²) < 4.78 is 5.28. The SMILES string of the molecule is COc1ccccc1NC(=O)c1cc(Nc2ccccc2C(C)C)nc(C)n1. The first-order chi connectivity index (χ1) is 13.5. The molecule has 0 saturated carbocycles. The lowest BCUT2D eigenvalue weighted by Crippen LogP contribution is -2.16. The second kappa shape index (κ2) is 8.52. The number of hydrogen-bond acceptors (Lipinski definition) is 5. The lowest BCUT2D eigenvalue weighted by atomic mass is 10.0. The first-order valence-corrected chi connectivity index (χ1v) is 9.14. The molecule has 1 aromatic heterocycles. The van der Waals surface area contributed by atoms with Gasteiger partial charge in [-0.25, -0.2) is 9.97 Å². The zero-order valence-corrected chi connectivity index (χ0v) is 16.5. The topological polar surface area (TPSA) is 76.1 Å². The van der Waals surface area contributed by atoms with Gasteiger partial charge in [0, 0.05) is 11.8 Å². The Morgan fingerprint density at radius 1 is 1.00 bits per heavy atom. The molecule has 6 nitrogen and oxygen atoms in total. The fraction of sp³-hybridized carbons (Fsp3) is 0.227. The highest BCUT2D eigenvalue weighted by atomic mass is 16.5. The van der Waals surface area contributed by atoms with Crippen LogP contribution in [0.3, 0.4) is 0 Å². The lowest BCUT2D eigenvalue weighted by Gasteiger charge is -2.15. The molecule has 1 heterocycles. The molecule has 0 radical (unpaired) electrons. The fourth-order valence-electron chi connectivity index (χ4n) is 2.93. The molecular weight excluding hydrogens is 352 g/mol. The van der Waals surface area contributed by atoms with Crippen molar-refractivity contribution in [2.24, 2.45) is 0 Å². The van der Waals surface area contributed by atoms with E-state index in [0.717, 1.165) is 5.69 Å². The predicted molar refractivity (Wildman–Crippen MR) is 112 cm³/mol. The Bertz CT molecular complexity index is 986. The van der Waals surface area contributed by atoms with Crippen LogP contribution >= 0.6 is 0 Å². The molecule has 2 aromatic carbocycles. The first-order valence-electron chi connectivity index (χ1n) is 9.14. The third-order valence-electron chi connectivity index (χ3n) is 4.27. The molecule has 6 heteroatoms. The number of ether oxygens (including phenoxy) is 1. The molecule has 1 amide bonds. The van der Waals surface area contributed by atoms with Crippen molar-refractivity contribution in [2.45, 2.75) is 26.7 Å². The van der Waals surface area contributed by atoms with Crippen molar-refractivity contribution in [1.82, 2.24) is 9.97 Å². The van der Waals surface area contributed by atoms with E-state index in [1.165, 1.54) is 5.56 Å². The summed E-state index contributed by atoms with van der Waals surface area (Å²) in [7, 11) is 1.56. The largest absolute Gasteiger partial charge is 0.495 e. The quantitative estimate of drug-likeness (QED) is 0.639. The standard InChI is InChI=1S/C22H24N4O2/c1-14(2)16-9-5-6-10-17(16)25-21-13-19(23-15(3)24-21)22(27)26-18-11-7-8-12-20(18)28-4/h5-14H,1-4H3,(H,26,27)(H,23,24,25). The molecule has 144 valence electrons. The number of amides is 1. The van der Waals surface area contributed by atoms with Crippen molar-refractivity contribution in [3.63, 3.8) is 0 Å². The summed E-state index contributed by atoms with van der Waals surface area (Å²) in [6.45, 7) is 6.04. The molecule has 0 unspecified atom stereocenters. The van der Waals surface area contributed by atoms with Crippen LogP contribution in [0.15, 0.2) is 54.6 Å². The molecule has 0 atom stereocenters. The lowest BCUT2D eigenvalue weighted by molar-refractivity contribution is 0.102. The van der Waals surface area contributed by atoms with Crippen LogP contribution in [0, 0.1) is 6.92 Å². The summed E-state index contributed by atoms with van der Waals surface area (Å²) in [6.07, 6.45) is 0. The van der Waals surface area contributed by atoms with Gasteiger partial charge in [-0.3, -0.25) is 4.79 Å². The van der Waals surface area contributed by atoms with Gasteiger partial charge in [0.1, 0.15) is 23.1 Å². The van der Waals surface area contributed by atoms with Gasteiger partial charge in [0.25, 0.3) is 5.91 Å². The van der Waals surface area contributed by atoms with Crippen molar-refractivity contribution in [2.75, 3.05) is 17.7 Å². The Morgan fingerprint density at radius 2 is 1.68 bits per heavy atom. The summed E-state index contributed by atoms with van der Waals surface area (Å²) in [5, 5.41) is 6.16. The van der Waals surface area contributed by atoms with Crippen molar-refractivity contribution in [3.05, 3.63) is 71.7 Å². The Kier molecular flexibility index (Phi) is 5.89. The average Bonchev–Trinajstić information content (AvgIpc) is 2.68. The molecule has 3 aromatic rings. The summed E-state index contributed by atoms with van der Waals surface area (Å²) in [5.74, 6) is 1.71. The summed E-state index contributed by atoms with van der Waals surface area (Å²) in [4.78, 5) is 21.4. The maximum absolute atomic E-state index is 12.7. The molecule has 0 aliphatic carbocycles. The monoisotopic (exact) mass is 376 g/mol. The predicted octanol–water partition coefficient (Wildman–Crippen LogP) is 4.91. The molecule has 0 saturated heterocycles. The van der Waals surface area contributed by atoms with E-state index < -0.39 is 0 Å². The van der Waals surface area contributed by atoms with E-state index in [1.54, 1.807) is 32.2 Å². The minimum Gasteiger partial charge on any atom is -0.495 e. The maximum atomic E-state index is 12.7. The zero-order chi connectivity index (χ0) is 20.1. The van der Waals surface area contributed by atoms with Gasteiger partial charge in [0.15, 0.2) is 0 Å². The van der Waals surface area contributed by atoms with Gasteiger partial charge in [0.2, 0.25) is 0 Å². The van der Waals surface area contributed by atoms with Crippen LogP contribution in [0.25, 0.3) is 0 Å². The highest BCUT2D eigenvalue weighted by Gasteiger charge is 2.14. The normalized spacial score (nSPS) is 10.6. The van der Waals surface area contributed by atoms with E-state index in [2.05, 4.69) is 40.5 Å². The van der Waals surface area contributed by atoms with Crippen molar-refractivity contribution in [1.29, 1.82) is 0 Å². The van der Waals surface area contributed by atoms with Gasteiger partial charge in [-0.05, 0) is 36.6 Å². The number of methoxy groups -OCH3 is 1. The van der Waals surface area contributed by atoms with Gasteiger partial charge in [-0.15, -0.1) is 0 Å². The van der Waals surface area contributed by atoms with Crippen LogP contribution in [0.2, 0.25) is 0 Å². The molecular formula is C22H24N4O2. The van der Waals surface area contributed by atoms with Gasteiger partial charge < -0.3 is 15.4 Å². The first kappa shape index (κ1) is 19.4. The molecule has 0 spiro atoms. The number of nitrogens with one attached hydrogen (secondary N) is 2. The average molecular weight is 376 g/mol. The Hall–Kier alpha value is -3.41. The Labute approximate surface area is 165 Å². The van der Waals surface area contributed by atoms with Crippen LogP contribution in [0.5, 0.6) is 5.75 Å². The van der Waals surface area contributed by atoms with E-state index in [1.807, 2.05) is 30.3 Å². The van der Waals surface area contributed by atoms with Crippen molar-refractivity contribution < 1.29 is 9.53 Å². The molecule has 28 heavy (non-hydrogen) atoms. The van der Waals surface area contributed by atoms with Gasteiger partial charge >= 0.3 is 0 Å². The number of aromatic nitrogens is 2. The smallest absolute Gasteiger partial charge is 0.274 e. The Balaban J connectivity index is 1.87.